The average molecular weight is 161 g/mol. The molecule has 0 fully saturated rings. The Kier molecular flexibility index (Phi) is 2.84. The van der Waals surface area contributed by atoms with Gasteiger partial charge < -0.3 is 5.11 Å². The van der Waals surface area contributed by atoms with Crippen molar-refractivity contribution < 1.29 is 5.11 Å². The normalized spacial score (nSPS) is 12.1. The summed E-state index contributed by atoms with van der Waals surface area (Å²) in [6.07, 6.45) is -0.485. The Bertz CT molecular complexity index is 301. The van der Waals surface area contributed by atoms with Crippen molar-refractivity contribution in [2.75, 3.05) is 0 Å². The summed E-state index contributed by atoms with van der Waals surface area (Å²) < 4.78 is 0. The van der Waals surface area contributed by atoms with Crippen molar-refractivity contribution >= 4 is 0 Å². The van der Waals surface area contributed by atoms with Crippen LogP contribution in [0.2, 0.25) is 0 Å². The number of nitrogens with zero attached hydrogens (tertiary/aromatic N) is 1. The van der Waals surface area contributed by atoms with Crippen molar-refractivity contribution in [1.29, 1.82) is 5.26 Å². The fourth-order valence-electron chi connectivity index (χ4n) is 1.16. The first-order valence-corrected chi connectivity index (χ1v) is 3.86. The van der Waals surface area contributed by atoms with E-state index < -0.39 is 6.10 Å². The minimum atomic E-state index is -0.642. The van der Waals surface area contributed by atoms with Crippen molar-refractivity contribution in [1.82, 2.24) is 0 Å². The van der Waals surface area contributed by atoms with Crippen LogP contribution in [0.15, 0.2) is 24.3 Å². The van der Waals surface area contributed by atoms with Crippen molar-refractivity contribution in [3.8, 4) is 6.07 Å². The zero-order chi connectivity index (χ0) is 8.97. The predicted molar refractivity (Wildman–Crippen MR) is 46.4 cm³/mol. The third-order valence-corrected chi connectivity index (χ3v) is 1.83. The van der Waals surface area contributed by atoms with Crippen LogP contribution in [-0.4, -0.2) is 5.11 Å². The molecule has 0 spiro atoms. The molecule has 0 aliphatic heterocycles. The molecule has 0 bridgehead atoms. The number of nitriles is 1. The molecule has 12 heavy (non-hydrogen) atoms. The largest absolute Gasteiger partial charge is 0.387 e. The van der Waals surface area contributed by atoms with Crippen LogP contribution in [0, 0.1) is 18.3 Å². The number of rotatable bonds is 2. The van der Waals surface area contributed by atoms with Crippen LogP contribution in [-0.2, 0) is 0 Å². The highest BCUT2D eigenvalue weighted by molar-refractivity contribution is 5.27. The van der Waals surface area contributed by atoms with Gasteiger partial charge in [0.05, 0.1) is 18.6 Å². The van der Waals surface area contributed by atoms with Crippen LogP contribution in [0.1, 0.15) is 23.7 Å². The molecule has 2 heteroatoms. The zero-order valence-electron chi connectivity index (χ0n) is 6.99. The number of benzene rings is 1. The van der Waals surface area contributed by atoms with Crippen LogP contribution in [0.25, 0.3) is 0 Å². The standard InChI is InChI=1S/C10H11NO/c1-8-4-2-3-5-9(8)10(12)6-7-11/h2-5,10,12H,6H2,1H3/t10-/m1/s1. The second kappa shape index (κ2) is 3.89. The number of hydrogen-bond donors (Lipinski definition) is 1. The van der Waals surface area contributed by atoms with Gasteiger partial charge in [0.15, 0.2) is 0 Å². The maximum Gasteiger partial charge on any atom is 0.0922 e. The summed E-state index contributed by atoms with van der Waals surface area (Å²) >= 11 is 0. The van der Waals surface area contributed by atoms with Crippen LogP contribution in [0.4, 0.5) is 0 Å². The molecule has 1 rings (SSSR count). The molecule has 1 aromatic carbocycles. The second-order valence-corrected chi connectivity index (χ2v) is 2.73. The lowest BCUT2D eigenvalue weighted by Gasteiger charge is -2.09. The monoisotopic (exact) mass is 161 g/mol. The summed E-state index contributed by atoms with van der Waals surface area (Å²) in [7, 11) is 0. The lowest BCUT2D eigenvalue weighted by Crippen LogP contribution is -1.97. The van der Waals surface area contributed by atoms with Gasteiger partial charge in [-0.3, -0.25) is 0 Å². The van der Waals surface area contributed by atoms with Crippen molar-refractivity contribution in [3.05, 3.63) is 35.4 Å². The van der Waals surface area contributed by atoms with E-state index in [-0.39, 0.29) is 6.42 Å². The van der Waals surface area contributed by atoms with E-state index in [9.17, 15) is 5.11 Å². The Labute approximate surface area is 72.1 Å². The molecule has 62 valence electrons. The molecule has 0 saturated heterocycles. The van der Waals surface area contributed by atoms with Crippen molar-refractivity contribution in [2.24, 2.45) is 0 Å². The Morgan fingerprint density at radius 1 is 1.50 bits per heavy atom. The van der Waals surface area contributed by atoms with Crippen LogP contribution >= 0.6 is 0 Å². The Morgan fingerprint density at radius 3 is 2.75 bits per heavy atom. The molecule has 0 radical (unpaired) electrons. The van der Waals surface area contributed by atoms with Gasteiger partial charge in [0, 0.05) is 0 Å². The topological polar surface area (TPSA) is 44.0 Å². The van der Waals surface area contributed by atoms with E-state index in [1.165, 1.54) is 0 Å². The smallest absolute Gasteiger partial charge is 0.0922 e. The number of aryl methyl sites for hydroxylation is 1. The van der Waals surface area contributed by atoms with Gasteiger partial charge in [0.25, 0.3) is 0 Å². The minimum absolute atomic E-state index is 0.158. The summed E-state index contributed by atoms with van der Waals surface area (Å²) in [6.45, 7) is 1.93. The van der Waals surface area contributed by atoms with E-state index in [2.05, 4.69) is 0 Å². The molecule has 0 unspecified atom stereocenters. The summed E-state index contributed by atoms with van der Waals surface area (Å²) in [5.74, 6) is 0. The third kappa shape index (κ3) is 1.84. The van der Waals surface area contributed by atoms with E-state index in [0.29, 0.717) is 0 Å². The Morgan fingerprint density at radius 2 is 2.17 bits per heavy atom. The van der Waals surface area contributed by atoms with Gasteiger partial charge in [0.1, 0.15) is 0 Å². The summed E-state index contributed by atoms with van der Waals surface area (Å²) in [4.78, 5) is 0. The predicted octanol–water partition coefficient (Wildman–Crippen LogP) is 1.94. The molecule has 0 aliphatic carbocycles. The second-order valence-electron chi connectivity index (χ2n) is 2.73. The maximum absolute atomic E-state index is 9.48. The summed E-state index contributed by atoms with van der Waals surface area (Å²) in [6, 6.07) is 9.49. The van der Waals surface area contributed by atoms with Gasteiger partial charge in [-0.05, 0) is 18.1 Å². The van der Waals surface area contributed by atoms with E-state index in [4.69, 9.17) is 5.26 Å². The molecule has 1 N–H and O–H groups in total. The highest BCUT2D eigenvalue weighted by Crippen LogP contribution is 2.19. The first-order chi connectivity index (χ1) is 5.75. The molecule has 0 saturated carbocycles. The first-order valence-electron chi connectivity index (χ1n) is 3.86. The molecular weight excluding hydrogens is 150 g/mol. The average Bonchev–Trinajstić information content (AvgIpc) is 2.05. The Balaban J connectivity index is 2.88. The zero-order valence-corrected chi connectivity index (χ0v) is 6.99. The van der Waals surface area contributed by atoms with E-state index in [1.54, 1.807) is 0 Å². The molecular formula is C10H11NO. The van der Waals surface area contributed by atoms with Crippen molar-refractivity contribution in [2.45, 2.75) is 19.4 Å². The first kappa shape index (κ1) is 8.76. The minimum Gasteiger partial charge on any atom is -0.387 e. The van der Waals surface area contributed by atoms with E-state index in [0.717, 1.165) is 11.1 Å². The summed E-state index contributed by atoms with van der Waals surface area (Å²) in [5, 5.41) is 17.9. The number of hydrogen-bond acceptors (Lipinski definition) is 2. The molecule has 2 nitrogen and oxygen atoms in total. The highest BCUT2D eigenvalue weighted by Gasteiger charge is 2.07. The van der Waals surface area contributed by atoms with Crippen LogP contribution in [0.3, 0.4) is 0 Å². The van der Waals surface area contributed by atoms with E-state index in [1.807, 2.05) is 37.3 Å². The lowest BCUT2D eigenvalue weighted by molar-refractivity contribution is 0.182. The molecule has 1 aromatic rings. The van der Waals surface area contributed by atoms with Gasteiger partial charge in [-0.1, -0.05) is 24.3 Å². The SMILES string of the molecule is Cc1ccccc1[C@H](O)CC#N. The number of aliphatic hydroxyl groups excluding tert-OH is 1. The van der Waals surface area contributed by atoms with E-state index >= 15 is 0 Å². The Hall–Kier alpha value is -1.33. The molecule has 0 heterocycles. The van der Waals surface area contributed by atoms with Gasteiger partial charge in [-0.2, -0.15) is 5.26 Å². The van der Waals surface area contributed by atoms with Gasteiger partial charge >= 0.3 is 0 Å². The maximum atomic E-state index is 9.48. The summed E-state index contributed by atoms with van der Waals surface area (Å²) in [5.41, 5.74) is 1.87. The highest BCUT2D eigenvalue weighted by atomic mass is 16.3. The molecule has 1 atom stereocenters. The molecule has 0 aromatic heterocycles. The molecule has 0 amide bonds. The van der Waals surface area contributed by atoms with Gasteiger partial charge in [-0.25, -0.2) is 0 Å². The lowest BCUT2D eigenvalue weighted by atomic mass is 10.0. The van der Waals surface area contributed by atoms with Crippen LogP contribution < -0.4 is 0 Å². The quantitative estimate of drug-likeness (QED) is 0.720. The third-order valence-electron chi connectivity index (χ3n) is 1.83. The van der Waals surface area contributed by atoms with Gasteiger partial charge in [0.2, 0.25) is 0 Å². The fourth-order valence-corrected chi connectivity index (χ4v) is 1.16. The number of aliphatic hydroxyl groups is 1. The van der Waals surface area contributed by atoms with Crippen LogP contribution in [0.5, 0.6) is 0 Å². The fraction of sp³-hybridized carbons (Fsp3) is 0.300. The molecule has 0 aliphatic rings. The van der Waals surface area contributed by atoms with Gasteiger partial charge in [-0.15, -0.1) is 0 Å². The van der Waals surface area contributed by atoms with Crippen molar-refractivity contribution in [3.63, 3.8) is 0 Å².